The molecule has 2 aromatic rings. The number of para-hydroxylation sites is 1. The Morgan fingerprint density at radius 1 is 0.944 bits per heavy atom. The summed E-state index contributed by atoms with van der Waals surface area (Å²) in [6.07, 6.45) is 0. The molecule has 3 heteroatoms. The first kappa shape index (κ1) is 12.2. The molecule has 0 saturated heterocycles. The summed E-state index contributed by atoms with van der Waals surface area (Å²) in [7, 11) is 0. The number of rotatable bonds is 0. The molecule has 0 saturated carbocycles. The topological polar surface area (TPSA) is 9.23 Å². The molecule has 2 aromatic carbocycles. The maximum atomic E-state index is 6.05. The summed E-state index contributed by atoms with van der Waals surface area (Å²) in [5.74, 6) is 1.85. The normalized spacial score (nSPS) is 15.6. The lowest BCUT2D eigenvalue weighted by molar-refractivity contribution is 0.414. The highest BCUT2D eigenvalue weighted by molar-refractivity contribution is 9.10. The second-order valence-electron chi connectivity index (χ2n) is 4.96. The third kappa shape index (κ3) is 1.64. The molecule has 0 spiro atoms. The molecule has 92 valence electrons. The van der Waals surface area contributed by atoms with Gasteiger partial charge in [-0.3, -0.25) is 0 Å². The second kappa shape index (κ2) is 4.10. The van der Waals surface area contributed by atoms with E-state index < -0.39 is 0 Å². The van der Waals surface area contributed by atoms with Crippen LogP contribution in [0.25, 0.3) is 0 Å². The number of hydrogen-bond acceptors (Lipinski definition) is 1. The van der Waals surface area contributed by atoms with Gasteiger partial charge in [-0.25, -0.2) is 0 Å². The maximum absolute atomic E-state index is 6.05. The SMILES string of the molecule is CC1(C)c2cccc(Br)c2Oc2cccc(Br)c21. The van der Waals surface area contributed by atoms with Gasteiger partial charge in [-0.2, -0.15) is 0 Å². The lowest BCUT2D eigenvalue weighted by atomic mass is 9.76. The molecular formula is C15H12Br2O. The highest BCUT2D eigenvalue weighted by Crippen LogP contribution is 2.52. The Kier molecular flexibility index (Phi) is 2.79. The molecule has 1 aliphatic heterocycles. The lowest BCUT2D eigenvalue weighted by Gasteiger charge is -2.35. The zero-order valence-corrected chi connectivity index (χ0v) is 13.3. The molecule has 0 bridgehead atoms. The summed E-state index contributed by atoms with van der Waals surface area (Å²) in [6, 6.07) is 12.3. The number of hydrogen-bond donors (Lipinski definition) is 0. The van der Waals surface area contributed by atoms with E-state index in [9.17, 15) is 0 Å². The maximum Gasteiger partial charge on any atom is 0.145 e. The van der Waals surface area contributed by atoms with Gasteiger partial charge in [0.05, 0.1) is 4.47 Å². The van der Waals surface area contributed by atoms with Crippen LogP contribution in [0.2, 0.25) is 0 Å². The molecule has 0 atom stereocenters. The molecule has 0 aromatic heterocycles. The van der Waals surface area contributed by atoms with Crippen LogP contribution >= 0.6 is 31.9 Å². The Balaban J connectivity index is 2.34. The van der Waals surface area contributed by atoms with E-state index in [0.717, 1.165) is 20.4 Å². The largest absolute Gasteiger partial charge is 0.455 e. The van der Waals surface area contributed by atoms with Crippen molar-refractivity contribution in [3.63, 3.8) is 0 Å². The van der Waals surface area contributed by atoms with Gasteiger partial charge in [-0.15, -0.1) is 0 Å². The average molecular weight is 368 g/mol. The average Bonchev–Trinajstić information content (AvgIpc) is 2.30. The van der Waals surface area contributed by atoms with Gasteiger partial charge in [0.2, 0.25) is 0 Å². The molecule has 0 fully saturated rings. The summed E-state index contributed by atoms with van der Waals surface area (Å²) in [5.41, 5.74) is 2.33. The van der Waals surface area contributed by atoms with Gasteiger partial charge in [0.15, 0.2) is 0 Å². The third-order valence-electron chi connectivity index (χ3n) is 3.45. The van der Waals surface area contributed by atoms with Crippen molar-refractivity contribution in [3.05, 3.63) is 56.5 Å². The zero-order chi connectivity index (χ0) is 12.9. The van der Waals surface area contributed by atoms with Gasteiger partial charge >= 0.3 is 0 Å². The van der Waals surface area contributed by atoms with Crippen molar-refractivity contribution >= 4 is 31.9 Å². The van der Waals surface area contributed by atoms with Crippen LogP contribution in [0.5, 0.6) is 11.5 Å². The number of benzene rings is 2. The van der Waals surface area contributed by atoms with E-state index in [0.29, 0.717) is 0 Å². The lowest BCUT2D eigenvalue weighted by Crippen LogP contribution is -2.25. The number of fused-ring (bicyclic) bond motifs is 2. The van der Waals surface area contributed by atoms with Crippen LogP contribution in [0.15, 0.2) is 45.3 Å². The van der Waals surface area contributed by atoms with Crippen LogP contribution in [0.4, 0.5) is 0 Å². The third-order valence-corrected chi connectivity index (χ3v) is 4.74. The van der Waals surface area contributed by atoms with E-state index in [1.54, 1.807) is 0 Å². The molecule has 0 radical (unpaired) electrons. The molecule has 18 heavy (non-hydrogen) atoms. The van der Waals surface area contributed by atoms with Crippen molar-refractivity contribution in [2.24, 2.45) is 0 Å². The van der Waals surface area contributed by atoms with Gasteiger partial charge in [-0.1, -0.05) is 48.0 Å². The monoisotopic (exact) mass is 366 g/mol. The molecule has 1 aliphatic rings. The smallest absolute Gasteiger partial charge is 0.145 e. The molecule has 0 aliphatic carbocycles. The van der Waals surface area contributed by atoms with Crippen molar-refractivity contribution < 1.29 is 4.74 Å². The number of ether oxygens (including phenoxy) is 1. The van der Waals surface area contributed by atoms with Crippen molar-refractivity contribution in [1.29, 1.82) is 0 Å². The van der Waals surface area contributed by atoms with Gasteiger partial charge in [0.25, 0.3) is 0 Å². The van der Waals surface area contributed by atoms with Crippen LogP contribution < -0.4 is 4.74 Å². The van der Waals surface area contributed by atoms with Crippen molar-refractivity contribution in [1.82, 2.24) is 0 Å². The summed E-state index contributed by atoms with van der Waals surface area (Å²) >= 11 is 7.20. The second-order valence-corrected chi connectivity index (χ2v) is 6.67. The minimum Gasteiger partial charge on any atom is -0.455 e. The molecule has 0 N–H and O–H groups in total. The predicted molar refractivity (Wildman–Crippen MR) is 80.5 cm³/mol. The van der Waals surface area contributed by atoms with E-state index in [2.05, 4.69) is 63.9 Å². The first-order valence-corrected chi connectivity index (χ1v) is 7.36. The van der Waals surface area contributed by atoms with E-state index in [4.69, 9.17) is 4.74 Å². The summed E-state index contributed by atoms with van der Waals surface area (Å²) < 4.78 is 8.14. The Labute approximate surface area is 123 Å². The highest BCUT2D eigenvalue weighted by Gasteiger charge is 2.36. The Bertz CT molecular complexity index is 632. The van der Waals surface area contributed by atoms with Crippen molar-refractivity contribution in [2.45, 2.75) is 19.3 Å². The predicted octanol–water partition coefficient (Wildman–Crippen LogP) is 5.64. The van der Waals surface area contributed by atoms with E-state index in [1.807, 2.05) is 18.2 Å². The van der Waals surface area contributed by atoms with Gasteiger partial charge < -0.3 is 4.74 Å². The van der Waals surface area contributed by atoms with Crippen LogP contribution in [0.1, 0.15) is 25.0 Å². The molecule has 3 rings (SSSR count). The Hall–Kier alpha value is -0.800. The quantitative estimate of drug-likeness (QED) is 0.585. The number of halogens is 2. The Morgan fingerprint density at radius 2 is 1.61 bits per heavy atom. The first-order chi connectivity index (χ1) is 8.51. The van der Waals surface area contributed by atoms with Crippen LogP contribution in [0, 0.1) is 0 Å². The van der Waals surface area contributed by atoms with Crippen LogP contribution in [-0.4, -0.2) is 0 Å². The highest BCUT2D eigenvalue weighted by atomic mass is 79.9. The minimum absolute atomic E-state index is 0.0766. The molecular weight excluding hydrogens is 356 g/mol. The Morgan fingerprint density at radius 3 is 2.39 bits per heavy atom. The molecule has 1 nitrogen and oxygen atoms in total. The standard InChI is InChI=1S/C15H12Br2O/c1-15(2)9-5-3-7-11(17)14(9)18-12-8-4-6-10(16)13(12)15/h3-8H,1-2H3. The van der Waals surface area contributed by atoms with Crippen molar-refractivity contribution in [2.75, 3.05) is 0 Å². The van der Waals surface area contributed by atoms with Crippen molar-refractivity contribution in [3.8, 4) is 11.5 Å². The first-order valence-electron chi connectivity index (χ1n) is 5.77. The summed E-state index contributed by atoms with van der Waals surface area (Å²) in [5, 5.41) is 0. The summed E-state index contributed by atoms with van der Waals surface area (Å²) in [4.78, 5) is 0. The molecule has 0 amide bonds. The van der Waals surface area contributed by atoms with Gasteiger partial charge in [0, 0.05) is 21.0 Å². The van der Waals surface area contributed by atoms with Crippen LogP contribution in [0.3, 0.4) is 0 Å². The van der Waals surface area contributed by atoms with E-state index in [1.165, 1.54) is 11.1 Å². The zero-order valence-electron chi connectivity index (χ0n) is 10.1. The molecule has 0 unspecified atom stereocenters. The fourth-order valence-electron chi connectivity index (χ4n) is 2.55. The van der Waals surface area contributed by atoms with Crippen LogP contribution in [-0.2, 0) is 5.41 Å². The van der Waals surface area contributed by atoms with Gasteiger partial charge in [-0.05, 0) is 34.1 Å². The van der Waals surface area contributed by atoms with E-state index >= 15 is 0 Å². The minimum atomic E-state index is -0.0766. The fourth-order valence-corrected chi connectivity index (χ4v) is 3.84. The molecule has 1 heterocycles. The van der Waals surface area contributed by atoms with Gasteiger partial charge in [0.1, 0.15) is 11.5 Å². The van der Waals surface area contributed by atoms with E-state index in [-0.39, 0.29) is 5.41 Å². The fraction of sp³-hybridized carbons (Fsp3) is 0.200. The summed E-state index contributed by atoms with van der Waals surface area (Å²) in [6.45, 7) is 4.45.